The van der Waals surface area contributed by atoms with Crippen molar-refractivity contribution in [2.75, 3.05) is 6.61 Å². The molecule has 84 valence electrons. The van der Waals surface area contributed by atoms with Crippen LogP contribution in [0.1, 0.15) is 20.3 Å². The Morgan fingerprint density at radius 2 is 1.81 bits per heavy atom. The van der Waals surface area contributed by atoms with Gasteiger partial charge in [-0.2, -0.15) is 0 Å². The fourth-order valence-electron chi connectivity index (χ4n) is 1.67. The van der Waals surface area contributed by atoms with Crippen LogP contribution in [-0.4, -0.2) is 6.61 Å². The lowest BCUT2D eigenvalue weighted by molar-refractivity contribution is 0.259. The summed E-state index contributed by atoms with van der Waals surface area (Å²) < 4.78 is 5.87. The molecule has 0 saturated heterocycles. The van der Waals surface area contributed by atoms with E-state index in [0.29, 0.717) is 5.92 Å². The van der Waals surface area contributed by atoms with Crippen molar-refractivity contribution in [1.29, 1.82) is 0 Å². The first-order valence-electron chi connectivity index (χ1n) is 5.92. The number of rotatable bonds is 4. The maximum Gasteiger partial charge on any atom is 0.127 e. The minimum Gasteiger partial charge on any atom is -0.493 e. The van der Waals surface area contributed by atoms with E-state index < -0.39 is 0 Å². The maximum atomic E-state index is 5.87. The van der Waals surface area contributed by atoms with E-state index in [1.807, 2.05) is 12.1 Å². The molecule has 0 heterocycles. The Morgan fingerprint density at radius 1 is 1.06 bits per heavy atom. The van der Waals surface area contributed by atoms with Gasteiger partial charge in [0, 0.05) is 5.39 Å². The molecule has 0 bridgehead atoms. The average molecular weight is 214 g/mol. The highest BCUT2D eigenvalue weighted by Gasteiger charge is 2.03. The van der Waals surface area contributed by atoms with Crippen LogP contribution >= 0.6 is 0 Å². The van der Waals surface area contributed by atoms with Gasteiger partial charge in [-0.15, -0.1) is 0 Å². The van der Waals surface area contributed by atoms with Gasteiger partial charge in [0.15, 0.2) is 0 Å². The van der Waals surface area contributed by atoms with Crippen LogP contribution in [0.2, 0.25) is 0 Å². The highest BCUT2D eigenvalue weighted by Crippen LogP contribution is 2.25. The van der Waals surface area contributed by atoms with Gasteiger partial charge in [-0.25, -0.2) is 0 Å². The Kier molecular flexibility index (Phi) is 3.45. The minimum atomic E-state index is 0.610. The predicted molar refractivity (Wildman–Crippen MR) is 68.9 cm³/mol. The van der Waals surface area contributed by atoms with Gasteiger partial charge in [-0.1, -0.05) is 56.7 Å². The van der Waals surface area contributed by atoms with Crippen molar-refractivity contribution in [3.63, 3.8) is 0 Å². The molecule has 0 amide bonds. The summed E-state index contributed by atoms with van der Waals surface area (Å²) >= 11 is 0. The van der Waals surface area contributed by atoms with Crippen LogP contribution in [-0.2, 0) is 0 Å². The minimum absolute atomic E-state index is 0.610. The topological polar surface area (TPSA) is 9.23 Å². The van der Waals surface area contributed by atoms with Crippen molar-refractivity contribution in [2.45, 2.75) is 20.3 Å². The van der Waals surface area contributed by atoms with E-state index in [0.717, 1.165) is 18.8 Å². The summed E-state index contributed by atoms with van der Waals surface area (Å²) in [5, 5.41) is 2.44. The molecule has 0 N–H and O–H groups in total. The summed E-state index contributed by atoms with van der Waals surface area (Å²) in [6.45, 7) is 5.20. The van der Waals surface area contributed by atoms with Gasteiger partial charge >= 0.3 is 0 Å². The zero-order valence-corrected chi connectivity index (χ0v) is 9.94. The van der Waals surface area contributed by atoms with Gasteiger partial charge < -0.3 is 4.74 Å². The molecule has 0 fully saturated rings. The molecule has 1 nitrogen and oxygen atoms in total. The molecule has 0 aliphatic rings. The summed E-state index contributed by atoms with van der Waals surface area (Å²) in [4.78, 5) is 0. The first-order valence-corrected chi connectivity index (χ1v) is 5.92. The molecule has 0 aliphatic heterocycles. The van der Waals surface area contributed by atoms with Crippen LogP contribution in [0.4, 0.5) is 0 Å². The third kappa shape index (κ3) is 2.35. The van der Waals surface area contributed by atoms with Gasteiger partial charge in [0.1, 0.15) is 5.75 Å². The molecule has 0 aromatic heterocycles. The van der Waals surface area contributed by atoms with Gasteiger partial charge in [-0.3, -0.25) is 0 Å². The lowest BCUT2D eigenvalue weighted by Crippen LogP contribution is -2.07. The largest absolute Gasteiger partial charge is 0.493 e. The van der Waals surface area contributed by atoms with Gasteiger partial charge in [-0.05, 0) is 17.4 Å². The number of hydrogen-bond donors (Lipinski definition) is 0. The van der Waals surface area contributed by atoms with E-state index in [9.17, 15) is 0 Å². The zero-order valence-electron chi connectivity index (χ0n) is 9.94. The lowest BCUT2D eigenvalue weighted by atomic mass is 10.1. The third-order valence-electron chi connectivity index (χ3n) is 2.97. The zero-order chi connectivity index (χ0) is 11.4. The van der Waals surface area contributed by atoms with Gasteiger partial charge in [0.05, 0.1) is 6.61 Å². The molecule has 2 aromatic rings. The maximum absolute atomic E-state index is 5.87. The predicted octanol–water partition coefficient (Wildman–Crippen LogP) is 4.26. The Bertz CT molecular complexity index is 456. The molecule has 0 saturated carbocycles. The van der Waals surface area contributed by atoms with Crippen LogP contribution in [0.3, 0.4) is 0 Å². The summed E-state index contributed by atoms with van der Waals surface area (Å²) in [6.07, 6.45) is 1.16. The Balaban J connectivity index is 2.23. The van der Waals surface area contributed by atoms with Crippen molar-refractivity contribution in [3.8, 4) is 5.75 Å². The van der Waals surface area contributed by atoms with E-state index >= 15 is 0 Å². The lowest BCUT2D eigenvalue weighted by Gasteiger charge is -2.12. The second kappa shape index (κ2) is 5.02. The summed E-state index contributed by atoms with van der Waals surface area (Å²) in [7, 11) is 0. The molecule has 1 unspecified atom stereocenters. The average Bonchev–Trinajstić information content (AvgIpc) is 2.35. The molecule has 0 radical (unpaired) electrons. The van der Waals surface area contributed by atoms with Crippen molar-refractivity contribution >= 4 is 10.8 Å². The van der Waals surface area contributed by atoms with Crippen LogP contribution in [0, 0.1) is 5.92 Å². The summed E-state index contributed by atoms with van der Waals surface area (Å²) in [5.41, 5.74) is 0. The molecular formula is C15H18O. The van der Waals surface area contributed by atoms with Gasteiger partial charge in [0.25, 0.3) is 0 Å². The van der Waals surface area contributed by atoms with Crippen molar-refractivity contribution in [3.05, 3.63) is 42.5 Å². The van der Waals surface area contributed by atoms with Crippen LogP contribution in [0.5, 0.6) is 5.75 Å². The fourth-order valence-corrected chi connectivity index (χ4v) is 1.67. The molecule has 0 spiro atoms. The standard InChI is InChI=1S/C15H18O/c1-3-12(2)11-16-15-10-6-8-13-7-4-5-9-14(13)15/h4-10,12H,3,11H2,1-2H3. The normalized spacial score (nSPS) is 12.6. The second-order valence-corrected chi connectivity index (χ2v) is 4.30. The molecule has 1 atom stereocenters. The van der Waals surface area contributed by atoms with Gasteiger partial charge in [0.2, 0.25) is 0 Å². The Labute approximate surface area is 97.1 Å². The highest BCUT2D eigenvalue weighted by atomic mass is 16.5. The fraction of sp³-hybridized carbons (Fsp3) is 0.333. The molecular weight excluding hydrogens is 196 g/mol. The van der Waals surface area contributed by atoms with Crippen molar-refractivity contribution in [2.24, 2.45) is 5.92 Å². The molecule has 0 aliphatic carbocycles. The number of hydrogen-bond acceptors (Lipinski definition) is 1. The monoisotopic (exact) mass is 214 g/mol. The van der Waals surface area contributed by atoms with E-state index in [1.54, 1.807) is 0 Å². The van der Waals surface area contributed by atoms with E-state index in [-0.39, 0.29) is 0 Å². The SMILES string of the molecule is CCC(C)COc1cccc2ccccc12. The van der Waals surface area contributed by atoms with Crippen LogP contribution in [0.25, 0.3) is 10.8 Å². The van der Waals surface area contributed by atoms with Crippen molar-refractivity contribution < 1.29 is 4.74 Å². The summed E-state index contributed by atoms with van der Waals surface area (Å²) in [6, 6.07) is 14.6. The number of fused-ring (bicyclic) bond motifs is 1. The quantitative estimate of drug-likeness (QED) is 0.738. The molecule has 2 rings (SSSR count). The van der Waals surface area contributed by atoms with E-state index in [2.05, 4.69) is 44.2 Å². The third-order valence-corrected chi connectivity index (χ3v) is 2.97. The first kappa shape index (κ1) is 11.0. The van der Waals surface area contributed by atoms with E-state index in [4.69, 9.17) is 4.74 Å². The first-order chi connectivity index (χ1) is 7.81. The molecule has 1 heteroatoms. The van der Waals surface area contributed by atoms with Crippen LogP contribution in [0.15, 0.2) is 42.5 Å². The van der Waals surface area contributed by atoms with Crippen LogP contribution < -0.4 is 4.74 Å². The Hall–Kier alpha value is -1.50. The highest BCUT2D eigenvalue weighted by molar-refractivity contribution is 5.88. The molecule has 16 heavy (non-hydrogen) atoms. The van der Waals surface area contributed by atoms with Crippen molar-refractivity contribution in [1.82, 2.24) is 0 Å². The number of benzene rings is 2. The smallest absolute Gasteiger partial charge is 0.127 e. The molecule has 2 aromatic carbocycles. The Morgan fingerprint density at radius 3 is 2.62 bits per heavy atom. The number of ether oxygens (including phenoxy) is 1. The van der Waals surface area contributed by atoms with E-state index in [1.165, 1.54) is 10.8 Å². The summed E-state index contributed by atoms with van der Waals surface area (Å²) in [5.74, 6) is 1.61. The second-order valence-electron chi connectivity index (χ2n) is 4.30.